The van der Waals surface area contributed by atoms with Gasteiger partial charge in [-0.05, 0) is 13.8 Å². The largest absolute Gasteiger partial charge is 0.385 e. The van der Waals surface area contributed by atoms with Crippen LogP contribution in [-0.2, 0) is 6.54 Å². The van der Waals surface area contributed by atoms with Crippen molar-refractivity contribution in [2.24, 2.45) is 0 Å². The Kier molecular flexibility index (Phi) is 3.58. The predicted molar refractivity (Wildman–Crippen MR) is 78.6 cm³/mol. The van der Waals surface area contributed by atoms with Crippen LogP contribution in [-0.4, -0.2) is 19.8 Å². The lowest BCUT2D eigenvalue weighted by Crippen LogP contribution is -2.07. The van der Waals surface area contributed by atoms with Crippen LogP contribution in [0.15, 0.2) is 47.1 Å². The lowest BCUT2D eigenvalue weighted by molar-refractivity contribution is 0.184. The molecule has 1 atom stereocenters. The number of aliphatic hydroxyl groups is 1. The minimum absolute atomic E-state index is 0.525. The van der Waals surface area contributed by atoms with Gasteiger partial charge in [0.15, 0.2) is 5.76 Å². The van der Waals surface area contributed by atoms with E-state index in [9.17, 15) is 5.11 Å². The van der Waals surface area contributed by atoms with Gasteiger partial charge in [-0.25, -0.2) is 4.98 Å². The highest BCUT2D eigenvalue weighted by Crippen LogP contribution is 2.21. The van der Waals surface area contributed by atoms with E-state index in [4.69, 9.17) is 4.52 Å². The molecule has 0 fully saturated rings. The van der Waals surface area contributed by atoms with Crippen LogP contribution in [0.5, 0.6) is 0 Å². The maximum atomic E-state index is 9.75. The quantitative estimate of drug-likeness (QED) is 0.799. The third kappa shape index (κ3) is 2.87. The van der Waals surface area contributed by atoms with Crippen molar-refractivity contribution in [1.82, 2.24) is 14.7 Å². The molecule has 2 aromatic heterocycles. The van der Waals surface area contributed by atoms with Crippen LogP contribution in [0.3, 0.4) is 0 Å². The van der Waals surface area contributed by atoms with E-state index in [1.54, 1.807) is 6.92 Å². The molecule has 0 aliphatic carbocycles. The molecular weight excluding hydrogens is 266 g/mol. The van der Waals surface area contributed by atoms with E-state index < -0.39 is 6.10 Å². The van der Waals surface area contributed by atoms with Crippen molar-refractivity contribution in [3.8, 4) is 11.3 Å². The topological polar surface area (TPSA) is 64.1 Å². The Labute approximate surface area is 122 Å². The number of rotatable bonds is 4. The summed E-state index contributed by atoms with van der Waals surface area (Å²) in [4.78, 5) is 4.33. The van der Waals surface area contributed by atoms with Gasteiger partial charge in [-0.3, -0.25) is 0 Å². The fourth-order valence-corrected chi connectivity index (χ4v) is 2.32. The molecule has 0 aliphatic rings. The van der Waals surface area contributed by atoms with E-state index in [1.807, 2.05) is 54.1 Å². The molecule has 0 saturated heterocycles. The fourth-order valence-electron chi connectivity index (χ4n) is 2.32. The molecule has 21 heavy (non-hydrogen) atoms. The van der Waals surface area contributed by atoms with Gasteiger partial charge < -0.3 is 14.2 Å². The number of aromatic nitrogens is 3. The monoisotopic (exact) mass is 283 g/mol. The van der Waals surface area contributed by atoms with Crippen LogP contribution in [0.25, 0.3) is 11.3 Å². The van der Waals surface area contributed by atoms with Crippen LogP contribution in [0, 0.1) is 6.92 Å². The minimum Gasteiger partial charge on any atom is -0.385 e. The normalized spacial score (nSPS) is 12.5. The minimum atomic E-state index is -0.612. The molecule has 5 heteroatoms. The van der Waals surface area contributed by atoms with Crippen molar-refractivity contribution in [2.75, 3.05) is 0 Å². The summed E-state index contributed by atoms with van der Waals surface area (Å²) in [5.41, 5.74) is 2.67. The smallest absolute Gasteiger partial charge is 0.167 e. The molecule has 3 rings (SSSR count). The summed E-state index contributed by atoms with van der Waals surface area (Å²) in [7, 11) is 0. The molecule has 0 saturated carbocycles. The number of hydrogen-bond acceptors (Lipinski definition) is 4. The maximum absolute atomic E-state index is 9.75. The zero-order chi connectivity index (χ0) is 14.8. The van der Waals surface area contributed by atoms with Crippen molar-refractivity contribution in [3.05, 3.63) is 59.8 Å². The lowest BCUT2D eigenvalue weighted by Gasteiger charge is -2.07. The van der Waals surface area contributed by atoms with Gasteiger partial charge >= 0.3 is 0 Å². The van der Waals surface area contributed by atoms with E-state index in [0.29, 0.717) is 12.4 Å². The second-order valence-corrected chi connectivity index (χ2v) is 5.09. The molecule has 0 spiro atoms. The molecule has 1 aromatic carbocycles. The molecule has 108 valence electrons. The molecule has 3 aromatic rings. The summed E-state index contributed by atoms with van der Waals surface area (Å²) in [6.45, 7) is 4.13. The van der Waals surface area contributed by atoms with E-state index in [0.717, 1.165) is 22.7 Å². The third-order valence-electron chi connectivity index (χ3n) is 3.25. The van der Waals surface area contributed by atoms with Crippen molar-refractivity contribution in [2.45, 2.75) is 26.5 Å². The Bertz CT molecular complexity index is 729. The summed E-state index contributed by atoms with van der Waals surface area (Å²) >= 11 is 0. The molecule has 1 unspecified atom stereocenters. The molecule has 0 bridgehead atoms. The summed E-state index contributed by atoms with van der Waals surface area (Å²) in [6, 6.07) is 11.8. The first-order valence-corrected chi connectivity index (χ1v) is 6.86. The van der Waals surface area contributed by atoms with Crippen LogP contribution >= 0.6 is 0 Å². The van der Waals surface area contributed by atoms with Gasteiger partial charge in [0, 0.05) is 17.8 Å². The second kappa shape index (κ2) is 5.54. The number of benzene rings is 1. The van der Waals surface area contributed by atoms with Crippen molar-refractivity contribution in [1.29, 1.82) is 0 Å². The number of aryl methyl sites for hydroxylation is 1. The number of nitrogens with zero attached hydrogens (tertiary/aromatic N) is 3. The van der Waals surface area contributed by atoms with Gasteiger partial charge in [-0.15, -0.1) is 0 Å². The molecular formula is C16H17N3O2. The molecule has 0 radical (unpaired) electrons. The highest BCUT2D eigenvalue weighted by atomic mass is 16.5. The van der Waals surface area contributed by atoms with Crippen LogP contribution < -0.4 is 0 Å². The molecule has 0 aliphatic heterocycles. The molecule has 5 nitrogen and oxygen atoms in total. The first-order chi connectivity index (χ1) is 10.1. The zero-order valence-electron chi connectivity index (χ0n) is 12.0. The Morgan fingerprint density at radius 2 is 2.05 bits per heavy atom. The van der Waals surface area contributed by atoms with E-state index in [1.165, 1.54) is 0 Å². The average molecular weight is 283 g/mol. The second-order valence-electron chi connectivity index (χ2n) is 5.09. The number of aliphatic hydroxyl groups excluding tert-OH is 1. The summed E-state index contributed by atoms with van der Waals surface area (Å²) < 4.78 is 7.28. The Balaban J connectivity index is 1.85. The van der Waals surface area contributed by atoms with E-state index in [-0.39, 0.29) is 0 Å². The first kappa shape index (κ1) is 13.6. The Morgan fingerprint density at radius 1 is 1.29 bits per heavy atom. The molecule has 2 heterocycles. The average Bonchev–Trinajstić information content (AvgIpc) is 3.07. The predicted octanol–water partition coefficient (Wildman–Crippen LogP) is 2.95. The molecule has 0 amide bonds. The molecule has 1 N–H and O–H groups in total. The summed E-state index contributed by atoms with van der Waals surface area (Å²) in [6.07, 6.45) is 1.29. The van der Waals surface area contributed by atoms with E-state index in [2.05, 4.69) is 10.1 Å². The number of imidazole rings is 1. The Morgan fingerprint density at radius 3 is 2.76 bits per heavy atom. The van der Waals surface area contributed by atoms with Crippen molar-refractivity contribution < 1.29 is 9.63 Å². The number of hydrogen-bond donors (Lipinski definition) is 1. The van der Waals surface area contributed by atoms with Gasteiger partial charge in [0.2, 0.25) is 0 Å². The van der Waals surface area contributed by atoms with Crippen LogP contribution in [0.4, 0.5) is 0 Å². The van der Waals surface area contributed by atoms with Crippen molar-refractivity contribution >= 4 is 0 Å². The highest BCUT2D eigenvalue weighted by Gasteiger charge is 2.13. The van der Waals surface area contributed by atoms with Crippen molar-refractivity contribution in [3.63, 3.8) is 0 Å². The first-order valence-electron chi connectivity index (χ1n) is 6.86. The standard InChI is InChI=1S/C16H17N3O2/c1-11-9-19(16(17-11)12(2)20)10-14-8-15(21-18-14)13-6-4-3-5-7-13/h3-9,12,20H,10H2,1-2H3. The van der Waals surface area contributed by atoms with Gasteiger partial charge in [-0.1, -0.05) is 35.5 Å². The third-order valence-corrected chi connectivity index (χ3v) is 3.25. The van der Waals surface area contributed by atoms with E-state index >= 15 is 0 Å². The zero-order valence-corrected chi connectivity index (χ0v) is 12.0. The van der Waals surface area contributed by atoms with Gasteiger partial charge in [0.05, 0.1) is 12.2 Å². The Hall–Kier alpha value is -2.40. The fraction of sp³-hybridized carbons (Fsp3) is 0.250. The summed E-state index contributed by atoms with van der Waals surface area (Å²) in [5.74, 6) is 1.37. The van der Waals surface area contributed by atoms with Crippen LogP contribution in [0.2, 0.25) is 0 Å². The van der Waals surface area contributed by atoms with Gasteiger partial charge in [0.1, 0.15) is 17.6 Å². The lowest BCUT2D eigenvalue weighted by atomic mass is 10.1. The van der Waals surface area contributed by atoms with Gasteiger partial charge in [0.25, 0.3) is 0 Å². The highest BCUT2D eigenvalue weighted by molar-refractivity contribution is 5.56. The maximum Gasteiger partial charge on any atom is 0.167 e. The SMILES string of the molecule is Cc1cn(Cc2cc(-c3ccccc3)on2)c(C(C)O)n1. The van der Waals surface area contributed by atoms with Crippen LogP contribution in [0.1, 0.15) is 30.2 Å². The summed E-state index contributed by atoms with van der Waals surface area (Å²) in [5, 5.41) is 13.8. The van der Waals surface area contributed by atoms with Gasteiger partial charge in [-0.2, -0.15) is 0 Å².